The van der Waals surface area contributed by atoms with Crippen molar-refractivity contribution in [2.75, 3.05) is 18.0 Å². The lowest BCUT2D eigenvalue weighted by atomic mass is 9.92. The molecule has 9 heteroatoms. The number of amides is 4. The highest BCUT2D eigenvalue weighted by atomic mass is 19.1. The van der Waals surface area contributed by atoms with E-state index in [1.165, 1.54) is 6.07 Å². The summed E-state index contributed by atoms with van der Waals surface area (Å²) in [5.74, 6) is -2.96. The first-order chi connectivity index (χ1) is 13.4. The Hall–Kier alpha value is -2.81. The minimum Gasteiger partial charge on any atom is -0.363 e. The number of nitrogens with one attached hydrogen (secondary N) is 2. The standard InChI is InChI=1S/C19H19FN4O4/c20-13-5-11-12(6-15(13)23-8-9-1-2-10(23)7-21-9)19(28)24(18(11)27)14-3-4-16(25)22-17(14)26/h5-6,9-10,14,21H,1-4,7-8H2,(H,22,25,26). The van der Waals surface area contributed by atoms with Crippen LogP contribution in [0.15, 0.2) is 12.1 Å². The van der Waals surface area contributed by atoms with Crippen molar-refractivity contribution in [2.24, 2.45) is 0 Å². The fourth-order valence-electron chi connectivity index (χ4n) is 4.70. The number of nitrogens with zero attached hydrogens (tertiary/aromatic N) is 2. The Kier molecular flexibility index (Phi) is 3.77. The summed E-state index contributed by atoms with van der Waals surface area (Å²) in [6.45, 7) is 1.41. The maximum absolute atomic E-state index is 14.9. The zero-order valence-electron chi connectivity index (χ0n) is 15.0. The number of hydrogen-bond acceptors (Lipinski definition) is 6. The van der Waals surface area contributed by atoms with Crippen LogP contribution in [0.2, 0.25) is 0 Å². The maximum atomic E-state index is 14.9. The molecule has 0 saturated carbocycles. The Morgan fingerprint density at radius 3 is 2.36 bits per heavy atom. The van der Waals surface area contributed by atoms with Gasteiger partial charge in [-0.05, 0) is 31.4 Å². The zero-order valence-corrected chi connectivity index (χ0v) is 15.0. The summed E-state index contributed by atoms with van der Waals surface area (Å²) < 4.78 is 14.9. The van der Waals surface area contributed by atoms with Crippen molar-refractivity contribution in [3.8, 4) is 0 Å². The fraction of sp³-hybridized carbons (Fsp3) is 0.474. The minimum absolute atomic E-state index is 0.0313. The van der Waals surface area contributed by atoms with E-state index in [1.54, 1.807) is 0 Å². The van der Waals surface area contributed by atoms with Crippen molar-refractivity contribution < 1.29 is 23.6 Å². The van der Waals surface area contributed by atoms with Gasteiger partial charge in [0.05, 0.1) is 16.8 Å². The molecule has 2 bridgehead atoms. The molecule has 3 atom stereocenters. The van der Waals surface area contributed by atoms with E-state index in [1.807, 2.05) is 4.90 Å². The second-order valence-corrected chi connectivity index (χ2v) is 7.79. The predicted molar refractivity (Wildman–Crippen MR) is 95.2 cm³/mol. The Balaban J connectivity index is 1.49. The van der Waals surface area contributed by atoms with Gasteiger partial charge in [-0.2, -0.15) is 0 Å². The number of fused-ring (bicyclic) bond motifs is 4. The molecule has 0 aliphatic carbocycles. The van der Waals surface area contributed by atoms with E-state index in [0.29, 0.717) is 12.2 Å². The van der Waals surface area contributed by atoms with E-state index in [0.717, 1.165) is 30.4 Å². The van der Waals surface area contributed by atoms with Crippen molar-refractivity contribution >= 4 is 29.3 Å². The molecule has 2 N–H and O–H groups in total. The highest BCUT2D eigenvalue weighted by molar-refractivity contribution is 6.23. The Morgan fingerprint density at radius 1 is 1.00 bits per heavy atom. The molecule has 5 heterocycles. The number of rotatable bonds is 2. The van der Waals surface area contributed by atoms with Crippen LogP contribution < -0.4 is 15.5 Å². The summed E-state index contributed by atoms with van der Waals surface area (Å²) in [7, 11) is 0. The Bertz CT molecular complexity index is 925. The molecular weight excluding hydrogens is 367 g/mol. The van der Waals surface area contributed by atoms with E-state index in [9.17, 15) is 23.6 Å². The molecule has 0 aromatic heterocycles. The van der Waals surface area contributed by atoms with Gasteiger partial charge in [0.1, 0.15) is 11.9 Å². The van der Waals surface area contributed by atoms with E-state index < -0.39 is 35.5 Å². The number of piperidine rings is 3. The third kappa shape index (κ3) is 2.46. The van der Waals surface area contributed by atoms with Gasteiger partial charge in [0, 0.05) is 31.6 Å². The number of anilines is 1. The third-order valence-corrected chi connectivity index (χ3v) is 6.16. The molecule has 4 saturated heterocycles. The van der Waals surface area contributed by atoms with Crippen LogP contribution in [0.5, 0.6) is 0 Å². The quantitative estimate of drug-likeness (QED) is 0.703. The molecule has 3 unspecified atom stereocenters. The van der Waals surface area contributed by atoms with Crippen molar-refractivity contribution in [2.45, 2.75) is 43.8 Å². The van der Waals surface area contributed by atoms with Crippen molar-refractivity contribution in [3.63, 3.8) is 0 Å². The van der Waals surface area contributed by atoms with Crippen LogP contribution in [0.4, 0.5) is 10.1 Å². The first-order valence-corrected chi connectivity index (χ1v) is 9.49. The van der Waals surface area contributed by atoms with Gasteiger partial charge in [-0.3, -0.25) is 29.4 Å². The topological polar surface area (TPSA) is 98.8 Å². The molecule has 146 valence electrons. The normalized spacial score (nSPS) is 29.4. The van der Waals surface area contributed by atoms with E-state index in [4.69, 9.17) is 0 Å². The first kappa shape index (κ1) is 17.3. The van der Waals surface area contributed by atoms with Gasteiger partial charge >= 0.3 is 0 Å². The summed E-state index contributed by atoms with van der Waals surface area (Å²) in [6, 6.07) is 1.93. The summed E-state index contributed by atoms with van der Waals surface area (Å²) >= 11 is 0. The van der Waals surface area contributed by atoms with Gasteiger partial charge in [-0.1, -0.05) is 0 Å². The van der Waals surface area contributed by atoms with Crippen LogP contribution in [0.25, 0.3) is 0 Å². The molecule has 4 amide bonds. The van der Waals surface area contributed by atoms with Crippen molar-refractivity contribution in [1.29, 1.82) is 0 Å². The summed E-state index contributed by atoms with van der Waals surface area (Å²) in [6.07, 6.45) is 2.11. The average Bonchev–Trinajstić information content (AvgIpc) is 2.92. The highest BCUT2D eigenvalue weighted by Gasteiger charge is 2.46. The largest absolute Gasteiger partial charge is 0.363 e. The highest BCUT2D eigenvalue weighted by Crippen LogP contribution is 2.35. The smallest absolute Gasteiger partial charge is 0.262 e. The van der Waals surface area contributed by atoms with Crippen LogP contribution in [0.3, 0.4) is 0 Å². The lowest BCUT2D eigenvalue weighted by Crippen LogP contribution is -2.61. The van der Waals surface area contributed by atoms with E-state index in [-0.39, 0.29) is 36.1 Å². The number of benzene rings is 1. The number of hydrogen-bond donors (Lipinski definition) is 2. The number of piperazine rings is 1. The molecule has 5 aliphatic rings. The SMILES string of the molecule is O=C1CCC(N2C(=O)c3cc(F)c(N4CC5CCC4CN5)cc3C2=O)C(=O)N1. The van der Waals surface area contributed by atoms with Crippen molar-refractivity contribution in [3.05, 3.63) is 29.1 Å². The first-order valence-electron chi connectivity index (χ1n) is 9.49. The van der Waals surface area contributed by atoms with Crippen LogP contribution in [0.1, 0.15) is 46.4 Å². The van der Waals surface area contributed by atoms with E-state index >= 15 is 0 Å². The number of carbonyl (C=O) groups excluding carboxylic acids is 4. The minimum atomic E-state index is -1.05. The Morgan fingerprint density at radius 2 is 1.75 bits per heavy atom. The van der Waals surface area contributed by atoms with Crippen LogP contribution >= 0.6 is 0 Å². The lowest BCUT2D eigenvalue weighted by Gasteiger charge is -2.47. The van der Waals surface area contributed by atoms with Gasteiger partial charge in [-0.25, -0.2) is 4.39 Å². The monoisotopic (exact) mass is 386 g/mol. The summed E-state index contributed by atoms with van der Waals surface area (Å²) in [5.41, 5.74) is 0.401. The van der Waals surface area contributed by atoms with Gasteiger partial charge in [0.25, 0.3) is 11.8 Å². The maximum Gasteiger partial charge on any atom is 0.262 e. The third-order valence-electron chi connectivity index (χ3n) is 6.16. The van der Waals surface area contributed by atoms with E-state index in [2.05, 4.69) is 10.6 Å². The molecule has 4 fully saturated rings. The van der Waals surface area contributed by atoms with Gasteiger partial charge in [0.2, 0.25) is 11.8 Å². The average molecular weight is 386 g/mol. The van der Waals surface area contributed by atoms with Gasteiger partial charge in [0.15, 0.2) is 0 Å². The molecule has 6 rings (SSSR count). The number of halogens is 1. The van der Waals surface area contributed by atoms with Crippen LogP contribution in [-0.4, -0.2) is 59.7 Å². The van der Waals surface area contributed by atoms with Crippen LogP contribution in [-0.2, 0) is 9.59 Å². The summed E-state index contributed by atoms with van der Waals surface area (Å²) in [5, 5.41) is 5.55. The molecular formula is C19H19FN4O4. The molecule has 1 aromatic rings. The molecule has 1 aromatic carbocycles. The second kappa shape index (κ2) is 6.10. The van der Waals surface area contributed by atoms with Gasteiger partial charge < -0.3 is 10.2 Å². The molecule has 8 nitrogen and oxygen atoms in total. The Labute approximate surface area is 160 Å². The number of carbonyl (C=O) groups is 4. The molecule has 28 heavy (non-hydrogen) atoms. The molecule has 5 aliphatic heterocycles. The summed E-state index contributed by atoms with van der Waals surface area (Å²) in [4.78, 5) is 52.0. The zero-order chi connectivity index (χ0) is 19.6. The van der Waals surface area contributed by atoms with Crippen molar-refractivity contribution in [1.82, 2.24) is 15.5 Å². The number of imide groups is 2. The predicted octanol–water partition coefficient (Wildman–Crippen LogP) is 0.167. The fourth-order valence-corrected chi connectivity index (χ4v) is 4.70. The van der Waals surface area contributed by atoms with Gasteiger partial charge in [-0.15, -0.1) is 0 Å². The lowest BCUT2D eigenvalue weighted by molar-refractivity contribution is -0.136. The van der Waals surface area contributed by atoms with Crippen LogP contribution in [0, 0.1) is 5.82 Å². The molecule has 0 spiro atoms. The second-order valence-electron chi connectivity index (χ2n) is 7.79. The molecule has 0 radical (unpaired) electrons.